The second-order valence-electron chi connectivity index (χ2n) is 7.08. The summed E-state index contributed by atoms with van der Waals surface area (Å²) in [6.07, 6.45) is 1.06. The molecule has 0 saturated carbocycles. The highest BCUT2D eigenvalue weighted by atomic mass is 32.2. The molecule has 2 saturated heterocycles. The number of carbonyl (C=O) groups is 3. The molecular weight excluding hydrogens is 332 g/mol. The van der Waals surface area contributed by atoms with Gasteiger partial charge in [0, 0.05) is 11.7 Å². The van der Waals surface area contributed by atoms with E-state index in [1.165, 1.54) is 7.11 Å². The van der Waals surface area contributed by atoms with Crippen LogP contribution in [0, 0.1) is 5.92 Å². The standard InChI is InChI=1S/C16H26N2O5S/c1-6-7-9-11(17-15(21)23-16(2,3)4)12(19)18-10(14(20)22-5)8-24-13(9)18/h9-11,13H,6-8H2,1-5H3,(H,17,21)/t9-,10+,11-,13+/m1/s1. The van der Waals surface area contributed by atoms with Crippen LogP contribution in [0.1, 0.15) is 40.5 Å². The zero-order valence-electron chi connectivity index (χ0n) is 14.8. The Morgan fingerprint density at radius 3 is 2.58 bits per heavy atom. The predicted molar refractivity (Wildman–Crippen MR) is 90.5 cm³/mol. The summed E-state index contributed by atoms with van der Waals surface area (Å²) in [5.74, 6) is -0.159. The number of esters is 1. The van der Waals surface area contributed by atoms with Gasteiger partial charge in [0.2, 0.25) is 5.91 Å². The van der Waals surface area contributed by atoms with E-state index in [2.05, 4.69) is 5.32 Å². The van der Waals surface area contributed by atoms with Crippen LogP contribution in [-0.4, -0.2) is 58.8 Å². The van der Waals surface area contributed by atoms with Crippen molar-refractivity contribution in [3.05, 3.63) is 0 Å². The number of nitrogens with zero attached hydrogens (tertiary/aromatic N) is 1. The van der Waals surface area contributed by atoms with Crippen molar-refractivity contribution in [3.8, 4) is 0 Å². The fraction of sp³-hybridized carbons (Fsp3) is 0.812. The molecule has 136 valence electrons. The molecule has 2 aliphatic rings. The summed E-state index contributed by atoms with van der Waals surface area (Å²) in [5.41, 5.74) is -0.633. The van der Waals surface area contributed by atoms with Gasteiger partial charge in [0.1, 0.15) is 17.7 Å². The molecule has 2 rings (SSSR count). The van der Waals surface area contributed by atoms with Crippen LogP contribution in [0.15, 0.2) is 0 Å². The van der Waals surface area contributed by atoms with E-state index < -0.39 is 29.7 Å². The van der Waals surface area contributed by atoms with Crippen LogP contribution in [0.3, 0.4) is 0 Å². The number of nitrogens with one attached hydrogen (secondary N) is 1. The lowest BCUT2D eigenvalue weighted by molar-refractivity contribution is -0.150. The fourth-order valence-corrected chi connectivity index (χ4v) is 4.84. The maximum atomic E-state index is 12.8. The largest absolute Gasteiger partial charge is 0.467 e. The zero-order valence-corrected chi connectivity index (χ0v) is 15.6. The Labute approximate surface area is 146 Å². The lowest BCUT2D eigenvalue weighted by atomic mass is 9.98. The van der Waals surface area contributed by atoms with Crippen molar-refractivity contribution in [1.82, 2.24) is 10.2 Å². The number of carbonyl (C=O) groups excluding carboxylic acids is 3. The molecule has 24 heavy (non-hydrogen) atoms. The molecule has 0 aliphatic carbocycles. The highest BCUT2D eigenvalue weighted by Gasteiger charge is 2.56. The molecule has 2 heterocycles. The topological polar surface area (TPSA) is 84.9 Å². The molecule has 2 fully saturated rings. The Morgan fingerprint density at radius 1 is 1.38 bits per heavy atom. The fourth-order valence-electron chi connectivity index (χ4n) is 3.21. The minimum absolute atomic E-state index is 0.0466. The number of alkyl carbamates (subject to hydrolysis) is 1. The molecular formula is C16H26N2O5S. The molecule has 2 amide bonds. The van der Waals surface area contributed by atoms with E-state index in [1.807, 2.05) is 6.92 Å². The monoisotopic (exact) mass is 358 g/mol. The molecule has 0 spiro atoms. The predicted octanol–water partition coefficient (Wildman–Crippen LogP) is 1.75. The van der Waals surface area contributed by atoms with Gasteiger partial charge in [-0.3, -0.25) is 4.79 Å². The van der Waals surface area contributed by atoms with Gasteiger partial charge in [0.05, 0.1) is 12.5 Å². The van der Waals surface area contributed by atoms with Crippen LogP contribution in [0.5, 0.6) is 0 Å². The maximum absolute atomic E-state index is 12.8. The Hall–Kier alpha value is -1.44. The van der Waals surface area contributed by atoms with Gasteiger partial charge in [0.15, 0.2) is 0 Å². The van der Waals surface area contributed by atoms with Gasteiger partial charge in [-0.2, -0.15) is 0 Å². The average Bonchev–Trinajstić information content (AvgIpc) is 3.00. The first-order valence-corrected chi connectivity index (χ1v) is 9.25. The first-order valence-electron chi connectivity index (χ1n) is 8.20. The van der Waals surface area contributed by atoms with E-state index in [4.69, 9.17) is 9.47 Å². The number of thioether (sulfide) groups is 1. The van der Waals surface area contributed by atoms with E-state index in [9.17, 15) is 14.4 Å². The summed E-state index contributed by atoms with van der Waals surface area (Å²) in [6.45, 7) is 7.35. The van der Waals surface area contributed by atoms with Crippen molar-refractivity contribution in [3.63, 3.8) is 0 Å². The minimum atomic E-state index is -0.662. The van der Waals surface area contributed by atoms with Crippen LogP contribution in [-0.2, 0) is 19.1 Å². The van der Waals surface area contributed by atoms with Gasteiger partial charge in [-0.25, -0.2) is 9.59 Å². The van der Waals surface area contributed by atoms with Gasteiger partial charge in [-0.1, -0.05) is 13.3 Å². The number of hydrogen-bond donors (Lipinski definition) is 1. The molecule has 0 unspecified atom stereocenters. The highest BCUT2D eigenvalue weighted by molar-refractivity contribution is 8.00. The third-order valence-corrected chi connectivity index (χ3v) is 5.54. The van der Waals surface area contributed by atoms with Crippen LogP contribution in [0.25, 0.3) is 0 Å². The maximum Gasteiger partial charge on any atom is 0.408 e. The number of methoxy groups -OCH3 is 1. The number of amides is 2. The second kappa shape index (κ2) is 7.21. The summed E-state index contributed by atoms with van der Waals surface area (Å²) in [4.78, 5) is 38.5. The van der Waals surface area contributed by atoms with Crippen molar-refractivity contribution in [2.24, 2.45) is 5.92 Å². The molecule has 4 atom stereocenters. The van der Waals surface area contributed by atoms with Gasteiger partial charge in [-0.15, -0.1) is 11.8 Å². The van der Waals surface area contributed by atoms with Crippen LogP contribution in [0.4, 0.5) is 4.79 Å². The highest BCUT2D eigenvalue weighted by Crippen LogP contribution is 2.43. The van der Waals surface area contributed by atoms with Gasteiger partial charge in [0.25, 0.3) is 0 Å². The number of rotatable bonds is 4. The molecule has 1 N–H and O–H groups in total. The number of hydrogen-bond acceptors (Lipinski definition) is 6. The van der Waals surface area contributed by atoms with Gasteiger partial charge < -0.3 is 19.7 Å². The first-order chi connectivity index (χ1) is 11.2. The van der Waals surface area contributed by atoms with E-state index >= 15 is 0 Å². The SMILES string of the molecule is CCC[C@@H]1[C@@H](NC(=O)OC(C)(C)C)C(=O)N2[C@H](C(=O)OC)CS[C@@H]12. The molecule has 2 aliphatic heterocycles. The minimum Gasteiger partial charge on any atom is -0.467 e. The van der Waals surface area contributed by atoms with Crippen LogP contribution in [0.2, 0.25) is 0 Å². The van der Waals surface area contributed by atoms with Gasteiger partial charge >= 0.3 is 12.1 Å². The summed E-state index contributed by atoms with van der Waals surface area (Å²) in [6, 6.07) is -1.24. The van der Waals surface area contributed by atoms with E-state index in [1.54, 1.807) is 37.4 Å². The lowest BCUT2D eigenvalue weighted by Gasteiger charge is -2.24. The number of fused-ring (bicyclic) bond motifs is 1. The van der Waals surface area contributed by atoms with E-state index in [-0.39, 0.29) is 17.2 Å². The van der Waals surface area contributed by atoms with Crippen molar-refractivity contribution >= 4 is 29.7 Å². The van der Waals surface area contributed by atoms with Crippen LogP contribution < -0.4 is 5.32 Å². The van der Waals surface area contributed by atoms with Crippen molar-refractivity contribution < 1.29 is 23.9 Å². The third-order valence-electron chi connectivity index (χ3n) is 4.12. The van der Waals surface area contributed by atoms with Crippen molar-refractivity contribution in [2.45, 2.75) is 63.6 Å². The first kappa shape index (κ1) is 18.9. The smallest absolute Gasteiger partial charge is 0.408 e. The lowest BCUT2D eigenvalue weighted by Crippen LogP contribution is -2.49. The quantitative estimate of drug-likeness (QED) is 0.771. The Balaban J connectivity index is 2.17. The van der Waals surface area contributed by atoms with Gasteiger partial charge in [-0.05, 0) is 27.2 Å². The Morgan fingerprint density at radius 2 is 2.04 bits per heavy atom. The normalized spacial score (nSPS) is 29.4. The van der Waals surface area contributed by atoms with E-state index in [0.717, 1.165) is 12.8 Å². The third kappa shape index (κ3) is 3.79. The molecule has 0 bridgehead atoms. The number of ether oxygens (including phenoxy) is 2. The molecule has 8 heteroatoms. The summed E-state index contributed by atoms with van der Waals surface area (Å²) < 4.78 is 10.1. The molecule has 0 radical (unpaired) electrons. The molecule has 0 aromatic rings. The summed E-state index contributed by atoms with van der Waals surface area (Å²) >= 11 is 1.57. The molecule has 7 nitrogen and oxygen atoms in total. The molecule has 0 aromatic heterocycles. The van der Waals surface area contributed by atoms with Crippen LogP contribution >= 0.6 is 11.8 Å². The van der Waals surface area contributed by atoms with E-state index in [0.29, 0.717) is 5.75 Å². The Kier molecular flexibility index (Phi) is 5.67. The summed E-state index contributed by atoms with van der Waals surface area (Å²) in [7, 11) is 1.32. The van der Waals surface area contributed by atoms with Crippen molar-refractivity contribution in [1.29, 1.82) is 0 Å². The Bertz CT molecular complexity index is 519. The zero-order chi connectivity index (χ0) is 18.1. The van der Waals surface area contributed by atoms with Crippen molar-refractivity contribution in [2.75, 3.05) is 12.9 Å². The average molecular weight is 358 g/mol. The summed E-state index contributed by atoms with van der Waals surface area (Å²) in [5, 5.41) is 2.60. The molecule has 0 aromatic carbocycles. The second-order valence-corrected chi connectivity index (χ2v) is 8.23.